The van der Waals surface area contributed by atoms with Crippen LogP contribution in [-0.4, -0.2) is 16.9 Å². The number of halogens is 1. The Morgan fingerprint density at radius 1 is 1.21 bits per heavy atom. The molecule has 0 saturated heterocycles. The predicted molar refractivity (Wildman–Crippen MR) is 92.7 cm³/mol. The van der Waals surface area contributed by atoms with Crippen molar-refractivity contribution in [3.8, 4) is 5.75 Å². The molecule has 0 bridgehead atoms. The molecule has 0 aliphatic rings. The highest BCUT2D eigenvalue weighted by Gasteiger charge is 2.17. The normalized spacial score (nSPS) is 11.7. The van der Waals surface area contributed by atoms with Gasteiger partial charge in [-0.15, -0.1) is 0 Å². The summed E-state index contributed by atoms with van der Waals surface area (Å²) in [6, 6.07) is 9.42. The molecular formula is C17H17ClN2O4. The Bertz CT molecular complexity index is 792. The van der Waals surface area contributed by atoms with Crippen molar-refractivity contribution in [2.24, 2.45) is 0 Å². The first kappa shape index (κ1) is 17.7. The second-order valence-electron chi connectivity index (χ2n) is 5.42. The molecule has 2 aromatic rings. The first-order valence-corrected chi connectivity index (χ1v) is 7.64. The molecule has 2 aromatic carbocycles. The van der Waals surface area contributed by atoms with Crippen LogP contribution in [0.25, 0.3) is 0 Å². The largest absolute Gasteiger partial charge is 0.481 e. The van der Waals surface area contributed by atoms with Crippen molar-refractivity contribution in [1.82, 2.24) is 0 Å². The van der Waals surface area contributed by atoms with Crippen LogP contribution < -0.4 is 10.1 Å². The number of carbonyl (C=O) groups excluding carboxylic acids is 1. The molecule has 0 spiro atoms. The van der Waals surface area contributed by atoms with Crippen LogP contribution in [0.15, 0.2) is 36.4 Å². The van der Waals surface area contributed by atoms with Crippen LogP contribution in [-0.2, 0) is 4.79 Å². The number of amides is 1. The van der Waals surface area contributed by atoms with Crippen molar-refractivity contribution in [3.05, 3.63) is 62.7 Å². The van der Waals surface area contributed by atoms with Gasteiger partial charge in [0.15, 0.2) is 6.10 Å². The van der Waals surface area contributed by atoms with Crippen LogP contribution in [0.5, 0.6) is 5.75 Å². The molecule has 1 atom stereocenters. The second kappa shape index (κ2) is 7.31. The molecule has 1 amide bonds. The quantitative estimate of drug-likeness (QED) is 0.646. The van der Waals surface area contributed by atoms with Gasteiger partial charge >= 0.3 is 0 Å². The lowest BCUT2D eigenvalue weighted by Crippen LogP contribution is -2.30. The van der Waals surface area contributed by atoms with Crippen LogP contribution in [0, 0.1) is 24.0 Å². The Labute approximate surface area is 144 Å². The fourth-order valence-electron chi connectivity index (χ4n) is 2.04. The number of hydrogen-bond donors (Lipinski definition) is 1. The van der Waals surface area contributed by atoms with E-state index in [-0.39, 0.29) is 5.69 Å². The van der Waals surface area contributed by atoms with Gasteiger partial charge in [0.05, 0.1) is 10.6 Å². The molecule has 0 aliphatic heterocycles. The number of nitrogens with zero attached hydrogens (tertiary/aromatic N) is 1. The van der Waals surface area contributed by atoms with Gasteiger partial charge in [-0.05, 0) is 50.1 Å². The van der Waals surface area contributed by atoms with E-state index in [1.54, 1.807) is 38.1 Å². The second-order valence-corrected chi connectivity index (χ2v) is 5.82. The Morgan fingerprint density at radius 2 is 1.92 bits per heavy atom. The number of nitro benzene ring substituents is 1. The molecule has 0 radical (unpaired) electrons. The molecule has 2 rings (SSSR count). The summed E-state index contributed by atoms with van der Waals surface area (Å²) in [4.78, 5) is 22.6. The SMILES string of the molecule is Cc1cc(O[C@H](C)C(=O)Nc2cc([N+](=O)[O-])ccc2C)ccc1Cl. The van der Waals surface area contributed by atoms with Crippen LogP contribution >= 0.6 is 11.6 Å². The molecule has 0 aliphatic carbocycles. The fraction of sp³-hybridized carbons (Fsp3) is 0.235. The minimum absolute atomic E-state index is 0.0854. The molecule has 0 aromatic heterocycles. The molecule has 0 fully saturated rings. The monoisotopic (exact) mass is 348 g/mol. The molecule has 7 heteroatoms. The van der Waals surface area contributed by atoms with Gasteiger partial charge in [0.1, 0.15) is 5.75 Å². The predicted octanol–water partition coefficient (Wildman–Crippen LogP) is 4.27. The zero-order valence-electron chi connectivity index (χ0n) is 13.5. The summed E-state index contributed by atoms with van der Waals surface area (Å²) in [5, 5.41) is 14.1. The summed E-state index contributed by atoms with van der Waals surface area (Å²) in [5.41, 5.74) is 1.87. The molecule has 126 valence electrons. The Hall–Kier alpha value is -2.60. The molecule has 6 nitrogen and oxygen atoms in total. The Morgan fingerprint density at radius 3 is 2.54 bits per heavy atom. The van der Waals surface area contributed by atoms with E-state index in [0.29, 0.717) is 16.5 Å². The molecule has 1 N–H and O–H groups in total. The van der Waals surface area contributed by atoms with Gasteiger partial charge in [-0.25, -0.2) is 0 Å². The minimum atomic E-state index is -0.774. The van der Waals surface area contributed by atoms with E-state index in [4.69, 9.17) is 16.3 Å². The highest BCUT2D eigenvalue weighted by atomic mass is 35.5. The lowest BCUT2D eigenvalue weighted by Gasteiger charge is -2.16. The number of rotatable bonds is 5. The van der Waals surface area contributed by atoms with Gasteiger partial charge in [-0.3, -0.25) is 14.9 Å². The summed E-state index contributed by atoms with van der Waals surface area (Å²) in [7, 11) is 0. The third-order valence-corrected chi connectivity index (χ3v) is 3.93. The third kappa shape index (κ3) is 4.23. The van der Waals surface area contributed by atoms with E-state index in [2.05, 4.69) is 5.32 Å². The number of aryl methyl sites for hydroxylation is 2. The number of carbonyl (C=O) groups is 1. The highest BCUT2D eigenvalue weighted by Crippen LogP contribution is 2.24. The van der Waals surface area contributed by atoms with Crippen LogP contribution in [0.4, 0.5) is 11.4 Å². The molecule has 0 heterocycles. The Kier molecular flexibility index (Phi) is 5.41. The van der Waals surface area contributed by atoms with E-state index < -0.39 is 16.9 Å². The van der Waals surface area contributed by atoms with Gasteiger partial charge in [-0.1, -0.05) is 17.7 Å². The van der Waals surface area contributed by atoms with Crippen LogP contribution in [0.3, 0.4) is 0 Å². The number of hydrogen-bond acceptors (Lipinski definition) is 4. The van der Waals surface area contributed by atoms with E-state index in [1.165, 1.54) is 12.1 Å². The highest BCUT2D eigenvalue weighted by molar-refractivity contribution is 6.31. The number of non-ortho nitro benzene ring substituents is 1. The number of benzene rings is 2. The summed E-state index contributed by atoms with van der Waals surface area (Å²) >= 11 is 5.95. The number of nitro groups is 1. The van der Waals surface area contributed by atoms with Crippen molar-refractivity contribution < 1.29 is 14.5 Å². The first-order valence-electron chi connectivity index (χ1n) is 7.26. The lowest BCUT2D eigenvalue weighted by atomic mass is 10.1. The van der Waals surface area contributed by atoms with Gasteiger partial charge in [0.2, 0.25) is 0 Å². The standard InChI is InChI=1S/C17H17ClN2O4/c1-10-4-5-13(20(22)23)9-16(10)19-17(21)12(3)24-14-6-7-15(18)11(2)8-14/h4-9,12H,1-3H3,(H,19,21)/t12-/m1/s1. The first-order chi connectivity index (χ1) is 11.3. The maximum Gasteiger partial charge on any atom is 0.271 e. The molecular weight excluding hydrogens is 332 g/mol. The molecule has 0 unspecified atom stereocenters. The van der Waals surface area contributed by atoms with E-state index in [9.17, 15) is 14.9 Å². The average molecular weight is 349 g/mol. The maximum absolute atomic E-state index is 12.3. The smallest absolute Gasteiger partial charge is 0.271 e. The fourth-order valence-corrected chi connectivity index (χ4v) is 2.16. The average Bonchev–Trinajstić information content (AvgIpc) is 2.52. The van der Waals surface area contributed by atoms with E-state index in [1.807, 2.05) is 6.92 Å². The van der Waals surface area contributed by atoms with Crippen molar-refractivity contribution in [2.75, 3.05) is 5.32 Å². The van der Waals surface area contributed by atoms with Gasteiger partial charge < -0.3 is 10.1 Å². The topological polar surface area (TPSA) is 81.5 Å². The molecule has 24 heavy (non-hydrogen) atoms. The minimum Gasteiger partial charge on any atom is -0.481 e. The molecule has 0 saturated carbocycles. The third-order valence-electron chi connectivity index (χ3n) is 3.50. The van der Waals surface area contributed by atoms with Crippen molar-refractivity contribution >= 4 is 28.9 Å². The Balaban J connectivity index is 2.10. The summed E-state index contributed by atoms with van der Waals surface area (Å²) in [6.45, 7) is 5.20. The number of nitrogens with one attached hydrogen (secondary N) is 1. The van der Waals surface area contributed by atoms with E-state index in [0.717, 1.165) is 11.1 Å². The van der Waals surface area contributed by atoms with Crippen LogP contribution in [0.1, 0.15) is 18.1 Å². The van der Waals surface area contributed by atoms with Gasteiger partial charge in [0, 0.05) is 17.2 Å². The number of anilines is 1. The van der Waals surface area contributed by atoms with Gasteiger partial charge in [0.25, 0.3) is 11.6 Å². The maximum atomic E-state index is 12.3. The van der Waals surface area contributed by atoms with Crippen molar-refractivity contribution in [1.29, 1.82) is 0 Å². The van der Waals surface area contributed by atoms with Gasteiger partial charge in [-0.2, -0.15) is 0 Å². The van der Waals surface area contributed by atoms with Crippen molar-refractivity contribution in [3.63, 3.8) is 0 Å². The van der Waals surface area contributed by atoms with Crippen molar-refractivity contribution in [2.45, 2.75) is 26.9 Å². The summed E-state index contributed by atoms with van der Waals surface area (Å²) in [5.74, 6) is 0.126. The zero-order chi connectivity index (χ0) is 17.9. The summed E-state index contributed by atoms with van der Waals surface area (Å²) < 4.78 is 5.60. The van der Waals surface area contributed by atoms with E-state index >= 15 is 0 Å². The van der Waals surface area contributed by atoms with Crippen LogP contribution in [0.2, 0.25) is 5.02 Å². The lowest BCUT2D eigenvalue weighted by molar-refractivity contribution is -0.384. The zero-order valence-corrected chi connectivity index (χ0v) is 14.3. The number of ether oxygens (including phenoxy) is 1. The summed E-state index contributed by atoms with van der Waals surface area (Å²) in [6.07, 6.45) is -0.774.